The number of hydrogen-bond acceptors (Lipinski definition) is 7. The van der Waals surface area contributed by atoms with Gasteiger partial charge in [-0.25, -0.2) is 4.79 Å². The molecule has 0 aromatic carbocycles. The molecule has 0 radical (unpaired) electrons. The van der Waals surface area contributed by atoms with E-state index < -0.39 is 35.7 Å². The van der Waals surface area contributed by atoms with Crippen molar-refractivity contribution >= 4 is 11.9 Å². The average molecular weight is 368 g/mol. The van der Waals surface area contributed by atoms with Crippen LogP contribution in [0.1, 0.15) is 51.8 Å². The summed E-state index contributed by atoms with van der Waals surface area (Å²) in [5.41, 5.74) is -0.518. The van der Waals surface area contributed by atoms with E-state index in [1.54, 1.807) is 0 Å². The van der Waals surface area contributed by atoms with Crippen LogP contribution < -0.4 is 11.2 Å². The van der Waals surface area contributed by atoms with Gasteiger partial charge in [0.2, 0.25) is 0 Å². The van der Waals surface area contributed by atoms with Crippen molar-refractivity contribution in [2.75, 3.05) is 6.61 Å². The molecule has 0 bridgehead atoms. The van der Waals surface area contributed by atoms with Crippen LogP contribution in [0.15, 0.2) is 15.8 Å². The molecule has 1 saturated heterocycles. The van der Waals surface area contributed by atoms with Crippen LogP contribution in [0.25, 0.3) is 0 Å². The van der Waals surface area contributed by atoms with Crippen molar-refractivity contribution < 1.29 is 23.8 Å². The summed E-state index contributed by atoms with van der Waals surface area (Å²) in [7, 11) is 0. The number of nitrogens with one attached hydrogen (secondary N) is 1. The number of esters is 2. The lowest BCUT2D eigenvalue weighted by molar-refractivity contribution is -0.149. The Hall–Kier alpha value is -2.42. The highest BCUT2D eigenvalue weighted by atomic mass is 16.6. The fourth-order valence-corrected chi connectivity index (χ4v) is 2.96. The fraction of sp³-hybridized carbons (Fsp3) is 0.647. The minimum atomic E-state index is -0.646. The van der Waals surface area contributed by atoms with Crippen molar-refractivity contribution in [2.45, 2.75) is 64.9 Å². The van der Waals surface area contributed by atoms with Crippen LogP contribution >= 0.6 is 0 Å². The zero-order valence-electron chi connectivity index (χ0n) is 15.1. The molecule has 3 atom stereocenters. The van der Waals surface area contributed by atoms with E-state index in [2.05, 4.69) is 4.98 Å². The SMILES string of the molecule is CCc1cn([C@@H]2CC(OC(C)=O)[C@H](CCCOC(C)=O)O2)c(=O)[nH]c1=O. The Balaban J connectivity index is 2.13. The Morgan fingerprint density at radius 3 is 2.65 bits per heavy atom. The number of hydrogen-bond donors (Lipinski definition) is 1. The molecule has 144 valence electrons. The highest BCUT2D eigenvalue weighted by Gasteiger charge is 2.38. The largest absolute Gasteiger partial charge is 0.466 e. The first kappa shape index (κ1) is 19.9. The van der Waals surface area contributed by atoms with E-state index in [4.69, 9.17) is 14.2 Å². The minimum absolute atomic E-state index is 0.241. The number of H-pyrrole nitrogens is 1. The van der Waals surface area contributed by atoms with Crippen molar-refractivity contribution in [1.82, 2.24) is 9.55 Å². The molecule has 1 fully saturated rings. The van der Waals surface area contributed by atoms with Gasteiger partial charge in [0, 0.05) is 32.0 Å². The van der Waals surface area contributed by atoms with Gasteiger partial charge < -0.3 is 14.2 Å². The molecule has 0 amide bonds. The molecule has 2 rings (SSSR count). The van der Waals surface area contributed by atoms with Crippen LogP contribution in [-0.2, 0) is 30.2 Å². The van der Waals surface area contributed by atoms with Crippen molar-refractivity contribution in [3.63, 3.8) is 0 Å². The Morgan fingerprint density at radius 1 is 1.31 bits per heavy atom. The first-order valence-corrected chi connectivity index (χ1v) is 8.62. The molecule has 1 unspecified atom stereocenters. The number of aryl methyl sites for hydroxylation is 1. The molecule has 0 aliphatic carbocycles. The first-order chi connectivity index (χ1) is 12.3. The molecule has 1 aromatic heterocycles. The van der Waals surface area contributed by atoms with Crippen LogP contribution in [0.5, 0.6) is 0 Å². The van der Waals surface area contributed by atoms with Gasteiger partial charge in [0.15, 0.2) is 0 Å². The summed E-state index contributed by atoms with van der Waals surface area (Å²) < 4.78 is 17.4. The first-order valence-electron chi connectivity index (χ1n) is 8.62. The summed E-state index contributed by atoms with van der Waals surface area (Å²) in [5, 5.41) is 0. The molecule has 2 heterocycles. The maximum absolute atomic E-state index is 12.1. The van der Waals surface area contributed by atoms with E-state index in [0.717, 1.165) is 0 Å². The van der Waals surface area contributed by atoms with Gasteiger partial charge in [-0.05, 0) is 19.3 Å². The molecule has 1 N–H and O–H groups in total. The quantitative estimate of drug-likeness (QED) is 0.555. The normalized spacial score (nSPS) is 22.2. The van der Waals surface area contributed by atoms with E-state index >= 15 is 0 Å². The summed E-state index contributed by atoms with van der Waals surface area (Å²) in [5.74, 6) is -0.800. The third kappa shape index (κ3) is 5.04. The van der Waals surface area contributed by atoms with E-state index in [1.807, 2.05) is 6.92 Å². The molecule has 1 aliphatic heterocycles. The predicted molar refractivity (Wildman–Crippen MR) is 90.6 cm³/mol. The van der Waals surface area contributed by atoms with E-state index in [-0.39, 0.29) is 12.6 Å². The number of aromatic nitrogens is 2. The van der Waals surface area contributed by atoms with E-state index in [9.17, 15) is 19.2 Å². The van der Waals surface area contributed by atoms with Gasteiger partial charge in [0.1, 0.15) is 12.3 Å². The van der Waals surface area contributed by atoms with E-state index in [0.29, 0.717) is 31.2 Å². The van der Waals surface area contributed by atoms with Crippen LogP contribution in [0, 0.1) is 0 Å². The smallest absolute Gasteiger partial charge is 0.330 e. The average Bonchev–Trinajstić information content (AvgIpc) is 2.93. The Bertz CT molecular complexity index is 767. The molecule has 1 aromatic rings. The van der Waals surface area contributed by atoms with Gasteiger partial charge in [-0.2, -0.15) is 0 Å². The van der Waals surface area contributed by atoms with Crippen molar-refractivity contribution in [2.24, 2.45) is 0 Å². The molecule has 0 spiro atoms. The maximum Gasteiger partial charge on any atom is 0.330 e. The van der Waals surface area contributed by atoms with Gasteiger partial charge in [-0.1, -0.05) is 6.92 Å². The van der Waals surface area contributed by atoms with Crippen LogP contribution in [0.4, 0.5) is 0 Å². The highest BCUT2D eigenvalue weighted by molar-refractivity contribution is 5.66. The predicted octanol–water partition coefficient (Wildman–Crippen LogP) is 0.662. The van der Waals surface area contributed by atoms with E-state index in [1.165, 1.54) is 24.6 Å². The summed E-state index contributed by atoms with van der Waals surface area (Å²) in [6, 6.07) is 0. The molecule has 9 heteroatoms. The number of carbonyl (C=O) groups excluding carboxylic acids is 2. The molecule has 1 aliphatic rings. The highest BCUT2D eigenvalue weighted by Crippen LogP contribution is 2.32. The molecular weight excluding hydrogens is 344 g/mol. The monoisotopic (exact) mass is 368 g/mol. The molecule has 26 heavy (non-hydrogen) atoms. The van der Waals surface area contributed by atoms with Crippen molar-refractivity contribution in [3.05, 3.63) is 32.6 Å². The number of aromatic amines is 1. The minimum Gasteiger partial charge on any atom is -0.466 e. The maximum atomic E-state index is 12.1. The second-order valence-electron chi connectivity index (χ2n) is 6.17. The van der Waals surface area contributed by atoms with Crippen molar-refractivity contribution in [1.29, 1.82) is 0 Å². The molecular formula is C17H24N2O7. The Kier molecular flexibility index (Phi) is 6.73. The fourth-order valence-electron chi connectivity index (χ4n) is 2.96. The van der Waals surface area contributed by atoms with Gasteiger partial charge in [-0.3, -0.25) is 23.9 Å². The summed E-state index contributed by atoms with van der Waals surface area (Å²) in [6.07, 6.45) is 1.71. The summed E-state index contributed by atoms with van der Waals surface area (Å²) >= 11 is 0. The number of carbonyl (C=O) groups is 2. The number of nitrogens with zero attached hydrogens (tertiary/aromatic N) is 1. The second-order valence-corrected chi connectivity index (χ2v) is 6.17. The standard InChI is InChI=1S/C17H24N2O7/c1-4-12-9-19(17(23)18-16(12)22)15-8-14(25-11(3)21)13(26-15)6-5-7-24-10(2)20/h9,13-15H,4-8H2,1-3H3,(H,18,22,23)/t13-,14?,15-/m0/s1. The third-order valence-corrected chi connectivity index (χ3v) is 4.17. The van der Waals surface area contributed by atoms with Crippen molar-refractivity contribution in [3.8, 4) is 0 Å². The second kappa shape index (κ2) is 8.79. The lowest BCUT2D eigenvalue weighted by atomic mass is 10.1. The zero-order chi connectivity index (χ0) is 19.3. The van der Waals surface area contributed by atoms with Crippen LogP contribution in [0.3, 0.4) is 0 Å². The zero-order valence-corrected chi connectivity index (χ0v) is 15.1. The Labute approximate surface area is 150 Å². The van der Waals surface area contributed by atoms with Gasteiger partial charge >= 0.3 is 17.6 Å². The lowest BCUT2D eigenvalue weighted by Crippen LogP contribution is -2.34. The summed E-state index contributed by atoms with van der Waals surface area (Å²) in [4.78, 5) is 48.3. The number of rotatable bonds is 7. The summed E-state index contributed by atoms with van der Waals surface area (Å²) in [6.45, 7) is 4.70. The lowest BCUT2D eigenvalue weighted by Gasteiger charge is -2.18. The topological polar surface area (TPSA) is 117 Å². The van der Waals surface area contributed by atoms with Crippen LogP contribution in [-0.4, -0.2) is 40.3 Å². The molecule has 9 nitrogen and oxygen atoms in total. The van der Waals surface area contributed by atoms with Gasteiger partial charge in [0.25, 0.3) is 5.56 Å². The number of ether oxygens (including phenoxy) is 3. The van der Waals surface area contributed by atoms with Gasteiger partial charge in [0.05, 0.1) is 12.7 Å². The third-order valence-electron chi connectivity index (χ3n) is 4.17. The Morgan fingerprint density at radius 2 is 2.04 bits per heavy atom. The van der Waals surface area contributed by atoms with Gasteiger partial charge in [-0.15, -0.1) is 0 Å². The molecule has 0 saturated carbocycles. The van der Waals surface area contributed by atoms with Crippen LogP contribution in [0.2, 0.25) is 0 Å².